The molecule has 1 heteroatoms. The molecule has 0 spiro atoms. The van der Waals surface area contributed by atoms with E-state index in [2.05, 4.69) is 58.9 Å². The molecule has 0 saturated heterocycles. The van der Waals surface area contributed by atoms with Gasteiger partial charge in [-0.15, -0.1) is 0 Å². The molecule has 21 heavy (non-hydrogen) atoms. The molecule has 0 aromatic heterocycles. The third-order valence-electron chi connectivity index (χ3n) is 4.39. The first-order chi connectivity index (χ1) is 9.90. The highest BCUT2D eigenvalue weighted by Gasteiger charge is 2.23. The Morgan fingerprint density at radius 3 is 2.76 bits per heavy atom. The smallest absolute Gasteiger partial charge is 0.0757 e. The van der Waals surface area contributed by atoms with Crippen LogP contribution >= 0.6 is 0 Å². The van der Waals surface area contributed by atoms with Gasteiger partial charge in [-0.3, -0.25) is 0 Å². The lowest BCUT2D eigenvalue weighted by atomic mass is 9.80. The summed E-state index contributed by atoms with van der Waals surface area (Å²) in [5.41, 5.74) is 3.93. The first-order valence-corrected chi connectivity index (χ1v) is 8.24. The monoisotopic (exact) mass is 288 g/mol. The van der Waals surface area contributed by atoms with Crippen LogP contribution in [0.1, 0.15) is 60.3 Å². The molecule has 0 unspecified atom stereocenters. The maximum Gasteiger partial charge on any atom is 0.0757 e. The first-order valence-electron chi connectivity index (χ1n) is 8.24. The average Bonchev–Trinajstić information content (AvgIpc) is 2.37. The molecule has 0 radical (unpaired) electrons. The summed E-state index contributed by atoms with van der Waals surface area (Å²) in [7, 11) is 0. The van der Waals surface area contributed by atoms with Crippen molar-refractivity contribution < 1.29 is 5.11 Å². The zero-order chi connectivity index (χ0) is 15.8. The molecule has 1 aliphatic rings. The zero-order valence-electron chi connectivity index (χ0n) is 14.4. The van der Waals surface area contributed by atoms with Crippen LogP contribution in [0.4, 0.5) is 0 Å². The Morgan fingerprint density at radius 1 is 1.38 bits per heavy atom. The summed E-state index contributed by atoms with van der Waals surface area (Å²) in [5.74, 6) is 0.885. The van der Waals surface area contributed by atoms with Gasteiger partial charge in [0.25, 0.3) is 0 Å². The lowest BCUT2D eigenvalue weighted by molar-refractivity contribution is 0.107. The molecule has 0 aliphatic heterocycles. The number of aliphatic hydroxyl groups excluding tert-OH is 1. The van der Waals surface area contributed by atoms with Gasteiger partial charge in [0, 0.05) is 0 Å². The second-order valence-corrected chi connectivity index (χ2v) is 6.81. The van der Waals surface area contributed by atoms with E-state index in [0.29, 0.717) is 11.8 Å². The Morgan fingerprint density at radius 2 is 2.10 bits per heavy atom. The highest BCUT2D eigenvalue weighted by atomic mass is 16.3. The van der Waals surface area contributed by atoms with E-state index in [4.69, 9.17) is 0 Å². The molecule has 0 saturated carbocycles. The highest BCUT2D eigenvalue weighted by Crippen LogP contribution is 2.29. The molecular weight excluding hydrogens is 256 g/mol. The van der Waals surface area contributed by atoms with Crippen molar-refractivity contribution in [2.45, 2.75) is 66.4 Å². The van der Waals surface area contributed by atoms with Gasteiger partial charge < -0.3 is 5.11 Å². The molecule has 1 rings (SSSR count). The van der Waals surface area contributed by atoms with Crippen molar-refractivity contribution in [3.05, 3.63) is 47.1 Å². The SMILES string of the molecule is CC(C)=CCC[C@@H](C)[C@@H]1CC/C(C)=C/C=C\C(C)=C\[C@@H]1O. The minimum Gasteiger partial charge on any atom is -0.389 e. The molecule has 0 amide bonds. The zero-order valence-corrected chi connectivity index (χ0v) is 14.4. The van der Waals surface area contributed by atoms with E-state index >= 15 is 0 Å². The number of allylic oxidation sites excluding steroid dienone is 7. The standard InChI is InChI=1S/C20H32O/c1-15(2)8-6-11-18(5)19-13-12-16(3)9-7-10-17(4)14-20(19)21/h7-10,14,18-21H,6,11-13H2,1-5H3/b10-7-,16-9+,17-14+/t18-,19+,20+/m1/s1. The summed E-state index contributed by atoms with van der Waals surface area (Å²) < 4.78 is 0. The fourth-order valence-electron chi connectivity index (χ4n) is 2.93. The van der Waals surface area contributed by atoms with Gasteiger partial charge in [-0.2, -0.15) is 0 Å². The van der Waals surface area contributed by atoms with Gasteiger partial charge in [-0.25, -0.2) is 0 Å². The van der Waals surface area contributed by atoms with E-state index in [9.17, 15) is 5.11 Å². The Kier molecular flexibility index (Phi) is 7.74. The van der Waals surface area contributed by atoms with Crippen LogP contribution in [0, 0.1) is 11.8 Å². The molecule has 118 valence electrons. The van der Waals surface area contributed by atoms with Crippen molar-refractivity contribution in [3.8, 4) is 0 Å². The summed E-state index contributed by atoms with van der Waals surface area (Å²) in [6, 6.07) is 0. The summed E-state index contributed by atoms with van der Waals surface area (Å²) in [5, 5.41) is 10.6. The normalized spacial score (nSPS) is 31.3. The quantitative estimate of drug-likeness (QED) is 0.669. The molecular formula is C20H32O. The van der Waals surface area contributed by atoms with Gasteiger partial charge in [0.15, 0.2) is 0 Å². The van der Waals surface area contributed by atoms with Crippen LogP contribution in [0.25, 0.3) is 0 Å². The second kappa shape index (κ2) is 9.04. The molecule has 0 bridgehead atoms. The van der Waals surface area contributed by atoms with Gasteiger partial charge >= 0.3 is 0 Å². The van der Waals surface area contributed by atoms with E-state index in [1.54, 1.807) is 0 Å². The van der Waals surface area contributed by atoms with E-state index in [-0.39, 0.29) is 6.10 Å². The molecule has 0 heterocycles. The van der Waals surface area contributed by atoms with E-state index in [0.717, 1.165) is 31.3 Å². The van der Waals surface area contributed by atoms with E-state index in [1.165, 1.54) is 11.1 Å². The summed E-state index contributed by atoms with van der Waals surface area (Å²) in [6.45, 7) is 10.8. The Bertz CT molecular complexity index is 433. The molecule has 0 aromatic rings. The molecule has 1 aliphatic carbocycles. The summed E-state index contributed by atoms with van der Waals surface area (Å²) in [6.07, 6.45) is 14.8. The molecule has 0 fully saturated rings. The third kappa shape index (κ3) is 6.95. The Labute approximate surface area is 131 Å². The second-order valence-electron chi connectivity index (χ2n) is 6.81. The topological polar surface area (TPSA) is 20.2 Å². The van der Waals surface area contributed by atoms with Gasteiger partial charge in [-0.05, 0) is 65.2 Å². The Balaban J connectivity index is 2.79. The lowest BCUT2D eigenvalue weighted by Crippen LogP contribution is -2.25. The van der Waals surface area contributed by atoms with Crippen molar-refractivity contribution in [1.82, 2.24) is 0 Å². The van der Waals surface area contributed by atoms with Crippen LogP contribution in [0.2, 0.25) is 0 Å². The molecule has 0 aromatic carbocycles. The predicted molar refractivity (Wildman–Crippen MR) is 93.2 cm³/mol. The van der Waals surface area contributed by atoms with Crippen LogP contribution in [-0.4, -0.2) is 11.2 Å². The van der Waals surface area contributed by atoms with Gasteiger partial charge in [0.2, 0.25) is 0 Å². The van der Waals surface area contributed by atoms with Crippen molar-refractivity contribution in [1.29, 1.82) is 0 Å². The van der Waals surface area contributed by atoms with Crippen LogP contribution in [-0.2, 0) is 0 Å². The van der Waals surface area contributed by atoms with Gasteiger partial charge in [-0.1, -0.05) is 54.0 Å². The van der Waals surface area contributed by atoms with E-state index in [1.807, 2.05) is 6.08 Å². The maximum absolute atomic E-state index is 10.6. The minimum absolute atomic E-state index is 0.331. The highest BCUT2D eigenvalue weighted by molar-refractivity contribution is 5.24. The predicted octanol–water partition coefficient (Wildman–Crippen LogP) is 5.59. The minimum atomic E-state index is -0.331. The molecule has 3 atom stereocenters. The maximum atomic E-state index is 10.6. The van der Waals surface area contributed by atoms with Gasteiger partial charge in [0.05, 0.1) is 6.10 Å². The summed E-state index contributed by atoms with van der Waals surface area (Å²) in [4.78, 5) is 0. The van der Waals surface area contributed by atoms with E-state index < -0.39 is 0 Å². The molecule has 1 nitrogen and oxygen atoms in total. The van der Waals surface area contributed by atoms with Crippen LogP contribution in [0.3, 0.4) is 0 Å². The first kappa shape index (κ1) is 18.0. The lowest BCUT2D eigenvalue weighted by Gasteiger charge is -2.28. The third-order valence-corrected chi connectivity index (χ3v) is 4.39. The molecule has 1 N–H and O–H groups in total. The van der Waals surface area contributed by atoms with Gasteiger partial charge in [0.1, 0.15) is 0 Å². The number of rotatable bonds is 4. The van der Waals surface area contributed by atoms with Crippen LogP contribution in [0.5, 0.6) is 0 Å². The average molecular weight is 288 g/mol. The fourth-order valence-corrected chi connectivity index (χ4v) is 2.93. The van der Waals surface area contributed by atoms with Crippen molar-refractivity contribution in [2.75, 3.05) is 0 Å². The fraction of sp³-hybridized carbons (Fsp3) is 0.600. The van der Waals surface area contributed by atoms with Crippen molar-refractivity contribution in [2.24, 2.45) is 11.8 Å². The van der Waals surface area contributed by atoms with Crippen molar-refractivity contribution >= 4 is 0 Å². The number of hydrogen-bond donors (Lipinski definition) is 1. The largest absolute Gasteiger partial charge is 0.389 e. The number of hydrogen-bond acceptors (Lipinski definition) is 1. The van der Waals surface area contributed by atoms with Crippen LogP contribution < -0.4 is 0 Å². The Hall–Kier alpha value is -1.08. The van der Waals surface area contributed by atoms with Crippen molar-refractivity contribution in [3.63, 3.8) is 0 Å². The van der Waals surface area contributed by atoms with Crippen LogP contribution in [0.15, 0.2) is 47.1 Å². The number of aliphatic hydroxyl groups is 1. The summed E-state index contributed by atoms with van der Waals surface area (Å²) >= 11 is 0.